The van der Waals surface area contributed by atoms with Gasteiger partial charge in [0.25, 0.3) is 0 Å². The predicted molar refractivity (Wildman–Crippen MR) is 34.0 cm³/mol. The lowest BCUT2D eigenvalue weighted by Crippen LogP contribution is -2.10. The molecule has 0 radical (unpaired) electrons. The summed E-state index contributed by atoms with van der Waals surface area (Å²) >= 11 is 5.02. The Morgan fingerprint density at radius 3 is 2.25 bits per heavy atom. The summed E-state index contributed by atoms with van der Waals surface area (Å²) in [5, 5.41) is 0. The summed E-state index contributed by atoms with van der Waals surface area (Å²) in [6.07, 6.45) is 0. The highest BCUT2D eigenvalue weighted by molar-refractivity contribution is 7.82. The van der Waals surface area contributed by atoms with E-state index in [9.17, 15) is 4.57 Å². The van der Waals surface area contributed by atoms with Crippen LogP contribution in [0.1, 0.15) is 6.92 Å². The summed E-state index contributed by atoms with van der Waals surface area (Å²) in [6.45, 7) is -1.21. The maximum Gasteiger partial charge on any atom is 0.360 e. The lowest BCUT2D eigenvalue weighted by atomic mass is 10.8. The van der Waals surface area contributed by atoms with E-state index in [0.717, 1.165) is 0 Å². The Hall–Kier alpha value is 0.440. The molecule has 0 aromatic carbocycles. The molecule has 0 spiro atoms. The van der Waals surface area contributed by atoms with Gasteiger partial charge in [-0.15, -0.1) is 0 Å². The van der Waals surface area contributed by atoms with Crippen LogP contribution < -0.4 is 0 Å². The van der Waals surface area contributed by atoms with E-state index in [1.807, 2.05) is 0 Å². The van der Waals surface area contributed by atoms with Crippen molar-refractivity contribution in [2.75, 3.05) is 13.6 Å². The second kappa shape index (κ2) is 2.83. The Kier molecular flexibility index (Phi) is 2.99. The zero-order valence-electron chi connectivity index (χ0n) is 4.83. The van der Waals surface area contributed by atoms with E-state index in [-0.39, 0.29) is 0 Å². The van der Waals surface area contributed by atoms with Crippen molar-refractivity contribution in [3.05, 3.63) is 0 Å². The smallest absolute Gasteiger partial charge is 0.322 e. The van der Waals surface area contributed by atoms with Crippen LogP contribution in [0.2, 0.25) is 0 Å². The third-order valence-corrected chi connectivity index (χ3v) is 2.78. The minimum absolute atomic E-state index is 0.483. The van der Waals surface area contributed by atoms with Gasteiger partial charge in [0, 0.05) is 6.54 Å². The molecule has 0 fully saturated rings. The third-order valence-electron chi connectivity index (χ3n) is 0.879. The van der Waals surface area contributed by atoms with E-state index < -0.39 is 6.87 Å². The Bertz CT molecular complexity index is 112. The van der Waals surface area contributed by atoms with Crippen molar-refractivity contribution in [2.45, 2.75) is 6.92 Å². The molecule has 0 aliphatic rings. The molecule has 0 aliphatic carbocycles. The standard InChI is InChI=1S/C3H9ClNO2P/c1-3-5(2)8(4,6)7/h3H2,1-2H3,(H,6,7). The Labute approximate surface area is 53.6 Å². The van der Waals surface area contributed by atoms with Crippen LogP contribution >= 0.6 is 18.1 Å². The topological polar surface area (TPSA) is 40.5 Å². The van der Waals surface area contributed by atoms with Crippen LogP contribution in [-0.4, -0.2) is 23.2 Å². The monoisotopic (exact) mass is 157 g/mol. The summed E-state index contributed by atoms with van der Waals surface area (Å²) < 4.78 is 11.6. The highest BCUT2D eigenvalue weighted by Gasteiger charge is 2.17. The minimum Gasteiger partial charge on any atom is -0.322 e. The molecule has 0 heterocycles. The van der Waals surface area contributed by atoms with Crippen LogP contribution in [-0.2, 0) is 4.57 Å². The van der Waals surface area contributed by atoms with Gasteiger partial charge in [0.1, 0.15) is 0 Å². The number of halogens is 1. The molecule has 3 nitrogen and oxygen atoms in total. The van der Waals surface area contributed by atoms with Gasteiger partial charge in [0.15, 0.2) is 0 Å². The molecule has 8 heavy (non-hydrogen) atoms. The Morgan fingerprint density at radius 1 is 1.88 bits per heavy atom. The fourth-order valence-corrected chi connectivity index (χ4v) is 0.844. The van der Waals surface area contributed by atoms with Gasteiger partial charge in [0.05, 0.1) is 0 Å². The number of nitrogens with zero attached hydrogens (tertiary/aromatic N) is 1. The maximum atomic E-state index is 10.4. The zero-order valence-corrected chi connectivity index (χ0v) is 6.49. The second-order valence-electron chi connectivity index (χ2n) is 1.45. The largest absolute Gasteiger partial charge is 0.360 e. The molecule has 0 aromatic heterocycles. The van der Waals surface area contributed by atoms with Crippen LogP contribution in [0, 0.1) is 0 Å². The molecule has 0 rings (SSSR count). The highest BCUT2D eigenvalue weighted by Crippen LogP contribution is 2.48. The molecule has 0 aliphatic heterocycles. The minimum atomic E-state index is -3.45. The molecule has 0 bridgehead atoms. The highest BCUT2D eigenvalue weighted by atomic mass is 35.7. The normalized spacial score (nSPS) is 18.6. The van der Waals surface area contributed by atoms with E-state index >= 15 is 0 Å². The molecule has 1 unspecified atom stereocenters. The Morgan fingerprint density at radius 2 is 2.25 bits per heavy atom. The van der Waals surface area contributed by atoms with Crippen molar-refractivity contribution < 1.29 is 9.46 Å². The van der Waals surface area contributed by atoms with Gasteiger partial charge in [-0.1, -0.05) is 6.92 Å². The van der Waals surface area contributed by atoms with Crippen LogP contribution in [0.5, 0.6) is 0 Å². The predicted octanol–water partition coefficient (Wildman–Crippen LogP) is 1.28. The SMILES string of the molecule is CCN(C)P(=O)(O)Cl. The molecule has 0 saturated heterocycles. The molecule has 0 amide bonds. The number of hydrogen-bond donors (Lipinski definition) is 1. The zero-order chi connectivity index (χ0) is 6.78. The van der Waals surface area contributed by atoms with Crippen molar-refractivity contribution in [2.24, 2.45) is 0 Å². The van der Waals surface area contributed by atoms with Gasteiger partial charge in [-0.2, -0.15) is 0 Å². The first-order chi connectivity index (χ1) is 3.48. The average molecular weight is 158 g/mol. The molecule has 0 saturated carbocycles. The van der Waals surface area contributed by atoms with Crippen molar-refractivity contribution in [1.29, 1.82) is 0 Å². The molecule has 50 valence electrons. The first kappa shape index (κ1) is 8.44. The van der Waals surface area contributed by atoms with Gasteiger partial charge in [-0.3, -0.25) is 4.57 Å². The van der Waals surface area contributed by atoms with E-state index in [1.165, 1.54) is 11.7 Å². The van der Waals surface area contributed by atoms with E-state index in [1.54, 1.807) is 6.92 Å². The van der Waals surface area contributed by atoms with Crippen molar-refractivity contribution in [3.8, 4) is 0 Å². The van der Waals surface area contributed by atoms with Crippen molar-refractivity contribution in [1.82, 2.24) is 4.67 Å². The molecule has 5 heteroatoms. The van der Waals surface area contributed by atoms with E-state index in [0.29, 0.717) is 6.54 Å². The van der Waals surface area contributed by atoms with Crippen LogP contribution in [0.4, 0.5) is 0 Å². The maximum absolute atomic E-state index is 10.4. The quantitative estimate of drug-likeness (QED) is 0.614. The summed E-state index contributed by atoms with van der Waals surface area (Å²) in [5.74, 6) is 0. The van der Waals surface area contributed by atoms with Gasteiger partial charge in [-0.25, -0.2) is 4.67 Å². The molecule has 1 atom stereocenters. The van der Waals surface area contributed by atoms with Crippen LogP contribution in [0.15, 0.2) is 0 Å². The van der Waals surface area contributed by atoms with Gasteiger partial charge >= 0.3 is 6.87 Å². The third kappa shape index (κ3) is 2.68. The summed E-state index contributed by atoms with van der Waals surface area (Å²) in [7, 11) is 1.49. The molecular formula is C3H9ClNO2P. The average Bonchev–Trinajstić information content (AvgIpc) is 1.62. The van der Waals surface area contributed by atoms with Crippen molar-refractivity contribution >= 4 is 18.1 Å². The molecular weight excluding hydrogens is 148 g/mol. The van der Waals surface area contributed by atoms with Crippen LogP contribution in [0.25, 0.3) is 0 Å². The summed E-state index contributed by atoms with van der Waals surface area (Å²) in [5.41, 5.74) is 0. The van der Waals surface area contributed by atoms with E-state index in [2.05, 4.69) is 0 Å². The lowest BCUT2D eigenvalue weighted by Gasteiger charge is -2.13. The van der Waals surface area contributed by atoms with Gasteiger partial charge in [-0.05, 0) is 18.3 Å². The summed E-state index contributed by atoms with van der Waals surface area (Å²) in [6, 6.07) is 0. The van der Waals surface area contributed by atoms with Crippen LogP contribution in [0.3, 0.4) is 0 Å². The fraction of sp³-hybridized carbons (Fsp3) is 1.00. The summed E-state index contributed by atoms with van der Waals surface area (Å²) in [4.78, 5) is 8.53. The second-order valence-corrected chi connectivity index (χ2v) is 4.40. The number of rotatable bonds is 2. The van der Waals surface area contributed by atoms with Gasteiger partial charge in [0.2, 0.25) is 0 Å². The fourth-order valence-electron chi connectivity index (χ4n) is 0.174. The van der Waals surface area contributed by atoms with E-state index in [4.69, 9.17) is 16.1 Å². The lowest BCUT2D eigenvalue weighted by molar-refractivity contribution is 0.409. The Balaban J connectivity index is 3.82. The molecule has 1 N–H and O–H groups in total. The van der Waals surface area contributed by atoms with Crippen molar-refractivity contribution in [3.63, 3.8) is 0 Å². The number of hydrogen-bond acceptors (Lipinski definition) is 1. The first-order valence-electron chi connectivity index (χ1n) is 2.22. The first-order valence-corrected chi connectivity index (χ1v) is 4.74. The molecule has 0 aromatic rings. The van der Waals surface area contributed by atoms with Gasteiger partial charge < -0.3 is 4.89 Å².